The van der Waals surface area contributed by atoms with E-state index in [1.54, 1.807) is 19.2 Å². The number of carbonyl (C=O) groups excluding carboxylic acids is 1. The molecule has 2 heterocycles. The first-order chi connectivity index (χ1) is 13.1. The topological polar surface area (TPSA) is 37.3 Å². The van der Waals surface area contributed by atoms with Gasteiger partial charge in [0.2, 0.25) is 0 Å². The van der Waals surface area contributed by atoms with Gasteiger partial charge in [0.25, 0.3) is 5.91 Å². The van der Waals surface area contributed by atoms with Gasteiger partial charge in [0, 0.05) is 54.8 Å². The molecule has 1 N–H and O–H groups in total. The quantitative estimate of drug-likeness (QED) is 0.677. The summed E-state index contributed by atoms with van der Waals surface area (Å²) in [6.07, 6.45) is 0.897. The maximum Gasteiger partial charge on any atom is 0.251 e. The van der Waals surface area contributed by atoms with Crippen LogP contribution in [-0.4, -0.2) is 36.0 Å². The Morgan fingerprint density at radius 1 is 1.19 bits per heavy atom. The number of rotatable bonds is 1. The highest BCUT2D eigenvalue weighted by molar-refractivity contribution is 5.99. The van der Waals surface area contributed by atoms with Crippen LogP contribution in [0.2, 0.25) is 0 Å². The van der Waals surface area contributed by atoms with Crippen LogP contribution in [0.1, 0.15) is 27.2 Å². The monoisotopic (exact) mass is 361 g/mol. The lowest BCUT2D eigenvalue weighted by molar-refractivity contribution is 0.0963. The Balaban J connectivity index is 1.87. The summed E-state index contributed by atoms with van der Waals surface area (Å²) >= 11 is 0. The predicted molar refractivity (Wildman–Crippen MR) is 104 cm³/mol. The van der Waals surface area contributed by atoms with Crippen molar-refractivity contribution in [1.82, 2.24) is 14.8 Å². The van der Waals surface area contributed by atoms with Crippen molar-refractivity contribution in [2.45, 2.75) is 13.0 Å². The summed E-state index contributed by atoms with van der Waals surface area (Å²) in [4.78, 5) is 14.3. The molecule has 0 saturated heterocycles. The molecule has 1 amide bonds. The van der Waals surface area contributed by atoms with E-state index in [0.29, 0.717) is 5.56 Å². The van der Waals surface area contributed by atoms with Crippen molar-refractivity contribution < 1.29 is 9.18 Å². The van der Waals surface area contributed by atoms with Crippen molar-refractivity contribution in [3.05, 3.63) is 70.7 Å². The van der Waals surface area contributed by atoms with Crippen molar-refractivity contribution in [3.8, 4) is 12.0 Å². The highest BCUT2D eigenvalue weighted by atomic mass is 19.1. The number of carbonyl (C=O) groups is 1. The van der Waals surface area contributed by atoms with Crippen LogP contribution in [0.15, 0.2) is 42.5 Å². The van der Waals surface area contributed by atoms with Crippen LogP contribution in [0.5, 0.6) is 0 Å². The molecular formula is C22H20FN3O. The van der Waals surface area contributed by atoms with Crippen LogP contribution in [-0.2, 0) is 13.0 Å². The molecular weight excluding hydrogens is 341 g/mol. The molecule has 27 heavy (non-hydrogen) atoms. The highest BCUT2D eigenvalue weighted by Crippen LogP contribution is 2.31. The first-order valence-electron chi connectivity index (χ1n) is 8.91. The summed E-state index contributed by atoms with van der Waals surface area (Å²) < 4.78 is 15.1. The van der Waals surface area contributed by atoms with Crippen LogP contribution in [0.4, 0.5) is 4.39 Å². The molecule has 0 unspecified atom stereocenters. The summed E-state index contributed by atoms with van der Waals surface area (Å²) in [5.41, 5.74) is 4.81. The molecule has 1 aliphatic rings. The van der Waals surface area contributed by atoms with Gasteiger partial charge in [-0.1, -0.05) is 0 Å². The number of nitrogens with zero attached hydrogens (tertiary/aromatic N) is 2. The number of fused-ring (bicyclic) bond motifs is 3. The van der Waals surface area contributed by atoms with E-state index >= 15 is 0 Å². The Hall–Kier alpha value is -3.10. The lowest BCUT2D eigenvalue weighted by Gasteiger charge is -2.23. The Kier molecular flexibility index (Phi) is 4.43. The zero-order chi connectivity index (χ0) is 19.0. The van der Waals surface area contributed by atoms with Gasteiger partial charge in [0.1, 0.15) is 5.82 Å². The smallest absolute Gasteiger partial charge is 0.251 e. The van der Waals surface area contributed by atoms with E-state index in [1.807, 2.05) is 22.8 Å². The van der Waals surface area contributed by atoms with Gasteiger partial charge >= 0.3 is 0 Å². The SMILES string of the molecule is CNC(=O)c1ccc2c(c1)c1c(n2C#Cc2ccc(F)cc2)CCN(C)C1. The molecule has 136 valence electrons. The van der Waals surface area contributed by atoms with Gasteiger partial charge in [-0.25, -0.2) is 4.39 Å². The number of nitrogens with one attached hydrogen (secondary N) is 1. The number of halogens is 1. The lowest BCUT2D eigenvalue weighted by Crippen LogP contribution is -2.27. The molecule has 0 radical (unpaired) electrons. The molecule has 4 rings (SSSR count). The van der Waals surface area contributed by atoms with Crippen LogP contribution >= 0.6 is 0 Å². The third kappa shape index (κ3) is 3.20. The van der Waals surface area contributed by atoms with Crippen molar-refractivity contribution >= 4 is 16.8 Å². The van der Waals surface area contributed by atoms with E-state index in [4.69, 9.17) is 0 Å². The van der Waals surface area contributed by atoms with E-state index in [2.05, 4.69) is 29.2 Å². The van der Waals surface area contributed by atoms with Crippen LogP contribution < -0.4 is 5.32 Å². The van der Waals surface area contributed by atoms with E-state index in [0.717, 1.165) is 36.0 Å². The number of amides is 1. The van der Waals surface area contributed by atoms with E-state index in [-0.39, 0.29) is 11.7 Å². The van der Waals surface area contributed by atoms with E-state index in [1.165, 1.54) is 23.4 Å². The second-order valence-corrected chi connectivity index (χ2v) is 6.80. The maximum atomic E-state index is 13.1. The maximum absolute atomic E-state index is 13.1. The average molecular weight is 361 g/mol. The molecule has 0 aliphatic carbocycles. The summed E-state index contributed by atoms with van der Waals surface area (Å²) in [6.45, 7) is 1.79. The van der Waals surface area contributed by atoms with Crippen molar-refractivity contribution in [1.29, 1.82) is 0 Å². The zero-order valence-corrected chi connectivity index (χ0v) is 15.3. The molecule has 0 atom stereocenters. The van der Waals surface area contributed by atoms with Crippen molar-refractivity contribution in [2.75, 3.05) is 20.6 Å². The van der Waals surface area contributed by atoms with Gasteiger partial charge in [0.15, 0.2) is 0 Å². The van der Waals surface area contributed by atoms with Crippen LogP contribution in [0, 0.1) is 17.8 Å². The lowest BCUT2D eigenvalue weighted by atomic mass is 10.0. The molecule has 0 spiro atoms. The van der Waals surface area contributed by atoms with Gasteiger partial charge in [-0.05, 0) is 61.0 Å². The van der Waals surface area contributed by atoms with Crippen LogP contribution in [0.25, 0.3) is 10.9 Å². The highest BCUT2D eigenvalue weighted by Gasteiger charge is 2.22. The van der Waals surface area contributed by atoms with Gasteiger partial charge in [-0.3, -0.25) is 9.36 Å². The fourth-order valence-electron chi connectivity index (χ4n) is 3.56. The molecule has 4 nitrogen and oxygen atoms in total. The molecule has 3 aromatic rings. The third-order valence-electron chi connectivity index (χ3n) is 4.98. The molecule has 0 fully saturated rings. The number of hydrogen-bond donors (Lipinski definition) is 1. The summed E-state index contributed by atoms with van der Waals surface area (Å²) in [7, 11) is 3.73. The predicted octanol–water partition coefficient (Wildman–Crippen LogP) is 2.99. The first kappa shape index (κ1) is 17.3. The summed E-state index contributed by atoms with van der Waals surface area (Å²) in [5.74, 6) is 2.76. The zero-order valence-electron chi connectivity index (χ0n) is 15.3. The Labute approximate surface area is 157 Å². The number of likely N-dealkylation sites (N-methyl/N-ethyl adjacent to an activating group) is 1. The number of benzene rings is 2. The molecule has 1 aromatic heterocycles. The number of hydrogen-bond acceptors (Lipinski definition) is 2. The van der Waals surface area contributed by atoms with Crippen molar-refractivity contribution in [3.63, 3.8) is 0 Å². The van der Waals surface area contributed by atoms with Gasteiger partial charge in [-0.15, -0.1) is 0 Å². The largest absolute Gasteiger partial charge is 0.355 e. The minimum absolute atomic E-state index is 0.0973. The second-order valence-electron chi connectivity index (χ2n) is 6.80. The Morgan fingerprint density at radius 2 is 1.96 bits per heavy atom. The minimum atomic E-state index is -0.269. The second kappa shape index (κ2) is 6.90. The normalized spacial score (nSPS) is 13.7. The molecule has 2 aromatic carbocycles. The fraction of sp³-hybridized carbons (Fsp3) is 0.227. The standard InChI is InChI=1S/C22H20FN3O/c1-24-22(27)16-5-8-20-18(13-16)19-14-25(2)11-10-21(19)26(20)12-9-15-3-6-17(23)7-4-15/h3-8,13H,10-11,14H2,1-2H3,(H,24,27). The van der Waals surface area contributed by atoms with Gasteiger partial charge in [0.05, 0.1) is 5.52 Å². The Morgan fingerprint density at radius 3 is 2.70 bits per heavy atom. The van der Waals surface area contributed by atoms with Crippen molar-refractivity contribution in [2.24, 2.45) is 0 Å². The fourth-order valence-corrected chi connectivity index (χ4v) is 3.56. The molecule has 1 aliphatic heterocycles. The molecule has 0 saturated carbocycles. The molecule has 5 heteroatoms. The van der Waals surface area contributed by atoms with Gasteiger partial charge < -0.3 is 10.2 Å². The third-order valence-corrected chi connectivity index (χ3v) is 4.98. The summed E-state index contributed by atoms with van der Waals surface area (Å²) in [6, 6.07) is 15.1. The average Bonchev–Trinajstić information content (AvgIpc) is 2.99. The van der Waals surface area contributed by atoms with Gasteiger partial charge in [-0.2, -0.15) is 0 Å². The number of aromatic nitrogens is 1. The van der Waals surface area contributed by atoms with E-state index < -0.39 is 0 Å². The molecule has 0 bridgehead atoms. The Bertz CT molecular complexity index is 1090. The summed E-state index contributed by atoms with van der Waals surface area (Å²) in [5, 5.41) is 3.74. The van der Waals surface area contributed by atoms with Crippen LogP contribution in [0.3, 0.4) is 0 Å². The first-order valence-corrected chi connectivity index (χ1v) is 8.91. The van der Waals surface area contributed by atoms with E-state index in [9.17, 15) is 9.18 Å². The minimum Gasteiger partial charge on any atom is -0.355 e.